The van der Waals surface area contributed by atoms with Crippen LogP contribution >= 0.6 is 0 Å². The number of halogens is 2. The van der Waals surface area contributed by atoms with Crippen LogP contribution in [0.2, 0.25) is 0 Å². The Morgan fingerprint density at radius 3 is 2.78 bits per heavy atom. The molecule has 200 valence electrons. The van der Waals surface area contributed by atoms with Gasteiger partial charge in [-0.2, -0.15) is 8.78 Å². The van der Waals surface area contributed by atoms with Crippen molar-refractivity contribution >= 4 is 17.5 Å². The summed E-state index contributed by atoms with van der Waals surface area (Å²) in [6.45, 7) is 12.8. The number of fused-ring (bicyclic) bond motifs is 1. The van der Waals surface area contributed by atoms with Crippen LogP contribution in [0.5, 0.6) is 0 Å². The lowest BCUT2D eigenvalue weighted by Crippen LogP contribution is -2.62. The molecule has 3 aliphatic heterocycles. The third kappa shape index (κ3) is 5.55. The Labute approximate surface area is 212 Å². The van der Waals surface area contributed by atoms with E-state index in [0.717, 1.165) is 5.56 Å². The van der Waals surface area contributed by atoms with Gasteiger partial charge in [-0.25, -0.2) is 0 Å². The fourth-order valence-corrected chi connectivity index (χ4v) is 5.48. The molecule has 2 fully saturated rings. The molecule has 0 bridgehead atoms. The smallest absolute Gasteiger partial charge is 0.289 e. The number of amides is 2. The van der Waals surface area contributed by atoms with Gasteiger partial charge in [-0.1, -0.05) is 27.2 Å². The number of nitrogens with zero attached hydrogens (tertiary/aromatic N) is 4. The number of carbonyl (C=O) groups is 2. The summed E-state index contributed by atoms with van der Waals surface area (Å²) in [6, 6.07) is 1.57. The Balaban J connectivity index is 1.54. The third-order valence-corrected chi connectivity index (χ3v) is 7.51. The van der Waals surface area contributed by atoms with Gasteiger partial charge in [0.05, 0.1) is 18.3 Å². The summed E-state index contributed by atoms with van der Waals surface area (Å²) in [6.07, 6.45) is 1.55. The number of morpholine rings is 1. The minimum atomic E-state index is -3.04. The number of aromatic nitrogens is 1. The summed E-state index contributed by atoms with van der Waals surface area (Å²) in [5.41, 5.74) is 0.670. The average Bonchev–Trinajstić information content (AvgIpc) is 3.08. The molecular formula is C26H39F2N5O3. The molecule has 1 N–H and O–H groups in total. The summed E-state index contributed by atoms with van der Waals surface area (Å²) < 4.78 is 34.8. The Morgan fingerprint density at radius 1 is 1.31 bits per heavy atom. The quantitative estimate of drug-likeness (QED) is 0.611. The van der Waals surface area contributed by atoms with Crippen LogP contribution in [0.25, 0.3) is 0 Å². The zero-order valence-electron chi connectivity index (χ0n) is 22.0. The number of piperazine rings is 1. The zero-order valence-corrected chi connectivity index (χ0v) is 22.0. The van der Waals surface area contributed by atoms with Gasteiger partial charge in [0.15, 0.2) is 0 Å². The monoisotopic (exact) mass is 507 g/mol. The van der Waals surface area contributed by atoms with Crippen LogP contribution in [0, 0.1) is 0 Å². The van der Waals surface area contributed by atoms with Crippen molar-refractivity contribution in [1.29, 1.82) is 0 Å². The number of carbonyl (C=O) groups excluding carboxylic acids is 2. The van der Waals surface area contributed by atoms with E-state index in [1.165, 1.54) is 12.3 Å². The summed E-state index contributed by atoms with van der Waals surface area (Å²) in [5, 5.41) is 3.46. The molecule has 0 aliphatic carbocycles. The van der Waals surface area contributed by atoms with Crippen molar-refractivity contribution in [2.24, 2.45) is 0 Å². The van der Waals surface area contributed by atoms with Crippen molar-refractivity contribution in [3.63, 3.8) is 0 Å². The first-order valence-corrected chi connectivity index (χ1v) is 13.0. The third-order valence-electron chi connectivity index (χ3n) is 7.51. The van der Waals surface area contributed by atoms with E-state index >= 15 is 0 Å². The highest BCUT2D eigenvalue weighted by Gasteiger charge is 2.42. The molecule has 0 aromatic carbocycles. The number of hydrogen-bond acceptors (Lipinski definition) is 6. The number of ether oxygens (including phenoxy) is 1. The van der Waals surface area contributed by atoms with Crippen LogP contribution in [0.3, 0.4) is 0 Å². The summed E-state index contributed by atoms with van der Waals surface area (Å²) >= 11 is 0. The number of hydrogen-bond donors (Lipinski definition) is 1. The van der Waals surface area contributed by atoms with Crippen molar-refractivity contribution in [1.82, 2.24) is 20.1 Å². The van der Waals surface area contributed by atoms with E-state index in [9.17, 15) is 18.4 Å². The zero-order chi connectivity index (χ0) is 26.3. The summed E-state index contributed by atoms with van der Waals surface area (Å²) in [7, 11) is 0. The number of alkyl halides is 2. The second-order valence-electron chi connectivity index (χ2n) is 11.2. The molecule has 4 heterocycles. The molecular weight excluding hydrogens is 468 g/mol. The van der Waals surface area contributed by atoms with E-state index in [1.54, 1.807) is 11.8 Å². The maximum absolute atomic E-state index is 14.7. The van der Waals surface area contributed by atoms with Crippen molar-refractivity contribution < 1.29 is 23.1 Å². The first-order chi connectivity index (χ1) is 16.9. The van der Waals surface area contributed by atoms with Crippen molar-refractivity contribution in [3.05, 3.63) is 23.5 Å². The van der Waals surface area contributed by atoms with E-state index in [2.05, 4.69) is 22.1 Å². The molecule has 4 rings (SSSR count). The Kier molecular flexibility index (Phi) is 7.69. The van der Waals surface area contributed by atoms with Gasteiger partial charge in [-0.05, 0) is 19.9 Å². The van der Waals surface area contributed by atoms with E-state index < -0.39 is 5.92 Å². The SMILES string of the molecule is CCCC(F)(F)c1cc2c(cn1)C(C)(C)CN2C(=O)CN1C[C@@H](C)NC[C@@H]1CN1C[C@H](C)OCC1=O. The highest BCUT2D eigenvalue weighted by molar-refractivity contribution is 5.97. The van der Waals surface area contributed by atoms with E-state index in [0.29, 0.717) is 44.8 Å². The highest BCUT2D eigenvalue weighted by Crippen LogP contribution is 2.43. The number of rotatable bonds is 7. The molecule has 1 aromatic rings. The molecule has 8 nitrogen and oxygen atoms in total. The van der Waals surface area contributed by atoms with Crippen LogP contribution in [0.4, 0.5) is 14.5 Å². The van der Waals surface area contributed by atoms with E-state index in [-0.39, 0.29) is 60.7 Å². The number of pyridine rings is 1. The van der Waals surface area contributed by atoms with Crippen molar-refractivity contribution in [2.75, 3.05) is 50.8 Å². The summed E-state index contributed by atoms with van der Waals surface area (Å²) in [4.78, 5) is 35.7. The van der Waals surface area contributed by atoms with E-state index in [4.69, 9.17) is 4.74 Å². The van der Waals surface area contributed by atoms with Gasteiger partial charge in [-0.15, -0.1) is 0 Å². The van der Waals surface area contributed by atoms with Crippen molar-refractivity contribution in [3.8, 4) is 0 Å². The maximum atomic E-state index is 14.7. The van der Waals surface area contributed by atoms with Crippen LogP contribution in [-0.4, -0.2) is 90.7 Å². The fraction of sp³-hybridized carbons (Fsp3) is 0.731. The van der Waals surface area contributed by atoms with Gasteiger partial charge >= 0.3 is 0 Å². The molecule has 3 atom stereocenters. The largest absolute Gasteiger partial charge is 0.367 e. The van der Waals surface area contributed by atoms with Crippen LogP contribution in [-0.2, 0) is 25.7 Å². The molecule has 2 saturated heterocycles. The molecule has 0 radical (unpaired) electrons. The van der Waals surface area contributed by atoms with Gasteiger partial charge in [-0.3, -0.25) is 19.5 Å². The minimum Gasteiger partial charge on any atom is -0.367 e. The van der Waals surface area contributed by atoms with Gasteiger partial charge in [0.1, 0.15) is 12.3 Å². The maximum Gasteiger partial charge on any atom is 0.289 e. The summed E-state index contributed by atoms with van der Waals surface area (Å²) in [5.74, 6) is -3.20. The Morgan fingerprint density at radius 2 is 2.06 bits per heavy atom. The predicted octanol–water partition coefficient (Wildman–Crippen LogP) is 2.51. The van der Waals surface area contributed by atoms with Gasteiger partial charge in [0.25, 0.3) is 5.92 Å². The topological polar surface area (TPSA) is 78.0 Å². The normalized spacial score (nSPS) is 26.9. The lowest BCUT2D eigenvalue weighted by atomic mass is 9.88. The standard InChI is InChI=1S/C26H39F2N5O3/c1-6-7-26(27,28)22-8-21-20(10-30-22)25(4,5)16-33(21)23(34)14-31-11-17(2)29-9-19(31)13-32-12-18(3)36-15-24(32)35/h8,10,17-19,29H,6-7,9,11-16H2,1-5H3/t17-,18+,19-/m1/s1. The molecule has 0 spiro atoms. The predicted molar refractivity (Wildman–Crippen MR) is 133 cm³/mol. The van der Waals surface area contributed by atoms with Crippen molar-refractivity contribution in [2.45, 2.75) is 77.0 Å². The number of anilines is 1. The second kappa shape index (κ2) is 10.3. The first-order valence-electron chi connectivity index (χ1n) is 13.0. The number of nitrogens with one attached hydrogen (secondary N) is 1. The van der Waals surface area contributed by atoms with Crippen LogP contribution in [0.1, 0.15) is 58.7 Å². The first kappa shape index (κ1) is 26.9. The molecule has 0 unspecified atom stereocenters. The average molecular weight is 508 g/mol. The lowest BCUT2D eigenvalue weighted by Gasteiger charge is -2.43. The molecule has 10 heteroatoms. The molecule has 0 saturated carbocycles. The second-order valence-corrected chi connectivity index (χ2v) is 11.2. The van der Waals surface area contributed by atoms with Crippen LogP contribution < -0.4 is 10.2 Å². The molecule has 36 heavy (non-hydrogen) atoms. The lowest BCUT2D eigenvalue weighted by molar-refractivity contribution is -0.149. The Hall–Kier alpha value is -2.17. The van der Waals surface area contributed by atoms with E-state index in [1.807, 2.05) is 25.7 Å². The molecule has 2 amide bonds. The highest BCUT2D eigenvalue weighted by atomic mass is 19.3. The van der Waals surface area contributed by atoms with Gasteiger partial charge in [0, 0.05) is 68.4 Å². The van der Waals surface area contributed by atoms with Crippen LogP contribution in [0.15, 0.2) is 12.3 Å². The minimum absolute atomic E-state index is 0.0229. The van der Waals surface area contributed by atoms with Gasteiger partial charge < -0.3 is 19.9 Å². The molecule has 1 aromatic heterocycles. The molecule has 3 aliphatic rings. The Bertz CT molecular complexity index is 988. The fourth-order valence-electron chi connectivity index (χ4n) is 5.48. The van der Waals surface area contributed by atoms with Gasteiger partial charge in [0.2, 0.25) is 11.8 Å².